The number of hydrogen-bond donors (Lipinski definition) is 0. The van der Waals surface area contributed by atoms with E-state index in [1.54, 1.807) is 0 Å². The third kappa shape index (κ3) is 14.4. The molecular weight excluding hydrogens is 472 g/mol. The van der Waals surface area contributed by atoms with Gasteiger partial charge in [0, 0.05) is 12.8 Å². The number of unbranched alkanes of at least 4 members (excludes halogenated alkanes) is 14. The average Bonchev–Trinajstić information content (AvgIpc) is 2.92. The Morgan fingerprint density at radius 3 is 1.05 bits per heavy atom. The zero-order valence-corrected chi connectivity index (χ0v) is 24.0. The molecule has 0 radical (unpaired) electrons. The van der Waals surface area contributed by atoms with Crippen molar-refractivity contribution in [1.29, 1.82) is 0 Å². The van der Waals surface area contributed by atoms with Crippen molar-refractivity contribution in [3.63, 3.8) is 0 Å². The Labute approximate surface area is 231 Å². The minimum Gasteiger partial charge on any atom is -0.427 e. The molecule has 0 aliphatic carbocycles. The van der Waals surface area contributed by atoms with Gasteiger partial charge in [-0.25, -0.2) is 0 Å². The van der Waals surface area contributed by atoms with E-state index >= 15 is 0 Å². The lowest BCUT2D eigenvalue weighted by molar-refractivity contribution is -0.135. The molecule has 0 saturated heterocycles. The highest BCUT2D eigenvalue weighted by molar-refractivity contribution is 5.74. The fraction of sp³-hybridized carbons (Fsp3) is 0.588. The monoisotopic (exact) mass is 522 g/mol. The first-order chi connectivity index (χ1) is 18.6. The largest absolute Gasteiger partial charge is 0.427 e. The quantitative estimate of drug-likeness (QED) is 0.0929. The van der Waals surface area contributed by atoms with E-state index in [9.17, 15) is 9.59 Å². The smallest absolute Gasteiger partial charge is 0.311 e. The summed E-state index contributed by atoms with van der Waals surface area (Å²) in [6, 6.07) is 15.1. The summed E-state index contributed by atoms with van der Waals surface area (Å²) < 4.78 is 11.0. The molecule has 210 valence electrons. The van der Waals surface area contributed by atoms with Crippen molar-refractivity contribution in [2.24, 2.45) is 0 Å². The van der Waals surface area contributed by atoms with E-state index in [1.165, 1.54) is 77.0 Å². The molecule has 0 saturated carbocycles. The van der Waals surface area contributed by atoms with Crippen LogP contribution in [0.15, 0.2) is 48.5 Å². The fourth-order valence-corrected chi connectivity index (χ4v) is 4.60. The third-order valence-corrected chi connectivity index (χ3v) is 6.97. The Kier molecular flexibility index (Phi) is 16.9. The van der Waals surface area contributed by atoms with Crippen LogP contribution in [0, 0.1) is 0 Å². The van der Waals surface area contributed by atoms with Crippen LogP contribution in [0.2, 0.25) is 0 Å². The van der Waals surface area contributed by atoms with E-state index < -0.39 is 0 Å². The topological polar surface area (TPSA) is 52.6 Å². The molecule has 38 heavy (non-hydrogen) atoms. The van der Waals surface area contributed by atoms with Gasteiger partial charge in [0.1, 0.15) is 11.5 Å². The fourth-order valence-electron chi connectivity index (χ4n) is 4.60. The molecule has 4 nitrogen and oxygen atoms in total. The first-order valence-electron chi connectivity index (χ1n) is 15.2. The van der Waals surface area contributed by atoms with Crippen LogP contribution in [0.3, 0.4) is 0 Å². The lowest BCUT2D eigenvalue weighted by Gasteiger charge is -2.08. The number of ether oxygens (including phenoxy) is 2. The summed E-state index contributed by atoms with van der Waals surface area (Å²) in [5.74, 6) is 0.818. The van der Waals surface area contributed by atoms with E-state index in [2.05, 4.69) is 13.8 Å². The van der Waals surface area contributed by atoms with Crippen LogP contribution in [0.25, 0.3) is 11.1 Å². The van der Waals surface area contributed by atoms with Crippen molar-refractivity contribution >= 4 is 11.9 Å². The second-order valence-corrected chi connectivity index (χ2v) is 10.4. The van der Waals surface area contributed by atoms with Gasteiger partial charge in [0.2, 0.25) is 0 Å². The summed E-state index contributed by atoms with van der Waals surface area (Å²) in [6.45, 7) is 4.46. The zero-order chi connectivity index (χ0) is 27.3. The van der Waals surface area contributed by atoms with E-state index in [0.717, 1.165) is 36.8 Å². The molecular formula is C34H50O4. The van der Waals surface area contributed by atoms with E-state index in [4.69, 9.17) is 9.47 Å². The van der Waals surface area contributed by atoms with Crippen molar-refractivity contribution in [2.45, 2.75) is 129 Å². The molecule has 4 heteroatoms. The SMILES string of the molecule is CCCCCCCCCCC(=O)Oc1ccc(-c2ccc(OC(=O)CCCCCCCCCC)cc2)cc1. The predicted molar refractivity (Wildman–Crippen MR) is 158 cm³/mol. The molecule has 2 aromatic rings. The Balaban J connectivity index is 1.64. The summed E-state index contributed by atoms with van der Waals surface area (Å²) in [5.41, 5.74) is 2.04. The molecule has 0 N–H and O–H groups in total. The first kappa shape index (κ1) is 31.6. The predicted octanol–water partition coefficient (Wildman–Crippen LogP) is 10.2. The average molecular weight is 523 g/mol. The van der Waals surface area contributed by atoms with Crippen molar-refractivity contribution in [1.82, 2.24) is 0 Å². The molecule has 0 heterocycles. The summed E-state index contributed by atoms with van der Waals surface area (Å²) in [7, 11) is 0. The van der Waals surface area contributed by atoms with Crippen molar-refractivity contribution in [2.75, 3.05) is 0 Å². The maximum Gasteiger partial charge on any atom is 0.311 e. The molecule has 2 aromatic carbocycles. The number of hydrogen-bond acceptors (Lipinski definition) is 4. The van der Waals surface area contributed by atoms with Gasteiger partial charge < -0.3 is 9.47 Å². The first-order valence-corrected chi connectivity index (χ1v) is 15.2. The van der Waals surface area contributed by atoms with E-state index in [0.29, 0.717) is 24.3 Å². The molecule has 0 fully saturated rings. The molecule has 0 aromatic heterocycles. The Bertz CT molecular complexity index is 810. The molecule has 0 aliphatic heterocycles. The van der Waals surface area contributed by atoms with Crippen molar-refractivity contribution in [3.8, 4) is 22.6 Å². The maximum absolute atomic E-state index is 12.2. The summed E-state index contributed by atoms with van der Waals surface area (Å²) in [6.07, 6.45) is 20.3. The lowest BCUT2D eigenvalue weighted by Crippen LogP contribution is -2.07. The van der Waals surface area contributed by atoms with Crippen LogP contribution in [-0.2, 0) is 9.59 Å². The standard InChI is InChI=1S/C34H50O4/c1-3-5-7-9-11-13-15-17-19-33(35)37-31-25-21-29(22-26-31)30-23-27-32(28-24-30)38-34(36)20-18-16-14-12-10-8-6-4-2/h21-28H,3-20H2,1-2H3. The summed E-state index contributed by atoms with van der Waals surface area (Å²) >= 11 is 0. The molecule has 2 rings (SSSR count). The van der Waals surface area contributed by atoms with E-state index in [-0.39, 0.29) is 11.9 Å². The van der Waals surface area contributed by atoms with Gasteiger partial charge in [-0.15, -0.1) is 0 Å². The molecule has 0 unspecified atom stereocenters. The highest BCUT2D eigenvalue weighted by Crippen LogP contribution is 2.25. The van der Waals surface area contributed by atoms with Gasteiger partial charge in [0.15, 0.2) is 0 Å². The normalized spacial score (nSPS) is 10.9. The lowest BCUT2D eigenvalue weighted by atomic mass is 10.1. The Morgan fingerprint density at radius 2 is 0.737 bits per heavy atom. The molecule has 0 spiro atoms. The number of carbonyl (C=O) groups excluding carboxylic acids is 2. The minimum absolute atomic E-state index is 0.165. The third-order valence-electron chi connectivity index (χ3n) is 6.97. The second kappa shape index (κ2) is 20.4. The number of esters is 2. The van der Waals surface area contributed by atoms with Gasteiger partial charge in [-0.2, -0.15) is 0 Å². The summed E-state index contributed by atoms with van der Waals surface area (Å²) in [5, 5.41) is 0. The van der Waals surface area contributed by atoms with E-state index in [1.807, 2.05) is 48.5 Å². The van der Waals surface area contributed by atoms with Crippen LogP contribution >= 0.6 is 0 Å². The van der Waals surface area contributed by atoms with Crippen LogP contribution in [-0.4, -0.2) is 11.9 Å². The highest BCUT2D eigenvalue weighted by Gasteiger charge is 2.08. The van der Waals surface area contributed by atoms with Crippen LogP contribution in [0.5, 0.6) is 11.5 Å². The second-order valence-electron chi connectivity index (χ2n) is 10.4. The molecule has 0 aliphatic rings. The highest BCUT2D eigenvalue weighted by atomic mass is 16.5. The van der Waals surface area contributed by atoms with Gasteiger partial charge in [-0.1, -0.05) is 128 Å². The molecule has 0 atom stereocenters. The molecule has 0 bridgehead atoms. The minimum atomic E-state index is -0.165. The maximum atomic E-state index is 12.2. The Morgan fingerprint density at radius 1 is 0.447 bits per heavy atom. The Hall–Kier alpha value is -2.62. The van der Waals surface area contributed by atoms with Crippen LogP contribution in [0.4, 0.5) is 0 Å². The van der Waals surface area contributed by atoms with Gasteiger partial charge in [-0.05, 0) is 48.2 Å². The van der Waals surface area contributed by atoms with Crippen LogP contribution in [0.1, 0.15) is 129 Å². The summed E-state index contributed by atoms with van der Waals surface area (Å²) in [4.78, 5) is 24.3. The van der Waals surface area contributed by atoms with Gasteiger partial charge in [-0.3, -0.25) is 9.59 Å². The number of benzene rings is 2. The van der Waals surface area contributed by atoms with Crippen LogP contribution < -0.4 is 9.47 Å². The number of carbonyl (C=O) groups is 2. The number of rotatable bonds is 21. The van der Waals surface area contributed by atoms with Gasteiger partial charge in [0.25, 0.3) is 0 Å². The molecule has 0 amide bonds. The van der Waals surface area contributed by atoms with Crippen molar-refractivity contribution in [3.05, 3.63) is 48.5 Å². The van der Waals surface area contributed by atoms with Crippen molar-refractivity contribution < 1.29 is 19.1 Å². The zero-order valence-electron chi connectivity index (χ0n) is 24.0. The van der Waals surface area contributed by atoms with Gasteiger partial charge in [0.05, 0.1) is 0 Å². The van der Waals surface area contributed by atoms with Gasteiger partial charge >= 0.3 is 11.9 Å².